The van der Waals surface area contributed by atoms with Crippen LogP contribution in [0.1, 0.15) is 44.5 Å². The van der Waals surface area contributed by atoms with Gasteiger partial charge in [0.05, 0.1) is 0 Å². The summed E-state index contributed by atoms with van der Waals surface area (Å²) in [5.74, 6) is -0.843. The maximum atomic E-state index is 12.8. The van der Waals surface area contributed by atoms with Gasteiger partial charge in [-0.15, -0.1) is 0 Å². The van der Waals surface area contributed by atoms with Crippen LogP contribution >= 0.6 is 0 Å². The average Bonchev–Trinajstić information content (AvgIpc) is 3.37. The molecule has 172 valence electrons. The van der Waals surface area contributed by atoms with Crippen LogP contribution in [-0.2, 0) is 33.6 Å². The van der Waals surface area contributed by atoms with E-state index in [0.717, 1.165) is 44.5 Å². The molecule has 0 aliphatic heterocycles. The van der Waals surface area contributed by atoms with Crippen molar-refractivity contribution in [2.75, 3.05) is 0 Å². The second-order valence-corrected chi connectivity index (χ2v) is 13.8. The fourth-order valence-corrected chi connectivity index (χ4v) is 13.1. The Bertz CT molecular complexity index is 1290. The van der Waals surface area contributed by atoms with Crippen molar-refractivity contribution in [2.45, 2.75) is 22.3 Å². The summed E-state index contributed by atoms with van der Waals surface area (Å²) in [5.41, 5.74) is 8.61. The Morgan fingerprint density at radius 1 is 0.514 bits per heavy atom. The summed E-state index contributed by atoms with van der Waals surface area (Å²) in [7, 11) is 0. The summed E-state index contributed by atoms with van der Waals surface area (Å²) < 4.78 is 12.3. The van der Waals surface area contributed by atoms with Crippen LogP contribution in [-0.4, -0.2) is 11.9 Å². The molecule has 0 N–H and O–H groups in total. The SMILES string of the molecule is CC(=O)[O][Ti]([O]C(C)=O)([CH]1c2ccccc2-c2ccccc21)[CH]1c2ccccc2-c2ccccc21. The normalized spacial score (nSPS) is 14.0. The van der Waals surface area contributed by atoms with Gasteiger partial charge >= 0.3 is 209 Å². The number of fused-ring (bicyclic) bond motifs is 6. The van der Waals surface area contributed by atoms with Crippen LogP contribution in [0.25, 0.3) is 22.3 Å². The zero-order valence-corrected chi connectivity index (χ0v) is 21.1. The molecule has 35 heavy (non-hydrogen) atoms. The molecule has 0 unspecified atom stereocenters. The number of carbonyl (C=O) groups is 2. The number of hydrogen-bond acceptors (Lipinski definition) is 4. The van der Waals surface area contributed by atoms with E-state index in [1.165, 1.54) is 13.8 Å². The molecule has 0 heterocycles. The molecule has 5 heteroatoms. The zero-order valence-electron chi connectivity index (χ0n) is 19.5. The molecule has 0 bridgehead atoms. The summed E-state index contributed by atoms with van der Waals surface area (Å²) in [6.07, 6.45) is 0. The van der Waals surface area contributed by atoms with Crippen LogP contribution in [0.4, 0.5) is 0 Å². The van der Waals surface area contributed by atoms with Crippen LogP contribution < -0.4 is 0 Å². The Kier molecular flexibility index (Phi) is 5.24. The fraction of sp³-hybridized carbons (Fsp3) is 0.133. The number of hydrogen-bond donors (Lipinski definition) is 0. The van der Waals surface area contributed by atoms with Crippen LogP contribution in [0.2, 0.25) is 0 Å². The molecular weight excluding hydrogens is 472 g/mol. The van der Waals surface area contributed by atoms with Crippen LogP contribution in [0.15, 0.2) is 97.1 Å². The maximum absolute atomic E-state index is 12.8. The Labute approximate surface area is 208 Å². The van der Waals surface area contributed by atoms with E-state index >= 15 is 0 Å². The van der Waals surface area contributed by atoms with E-state index in [1.54, 1.807) is 0 Å². The minimum absolute atomic E-state index is 0.320. The van der Waals surface area contributed by atoms with Crippen LogP contribution in [0, 0.1) is 0 Å². The quantitative estimate of drug-likeness (QED) is 0.298. The number of carbonyl (C=O) groups excluding carboxylic acids is 2. The van der Waals surface area contributed by atoms with Crippen molar-refractivity contribution in [2.24, 2.45) is 0 Å². The third-order valence-corrected chi connectivity index (χ3v) is 13.4. The van der Waals surface area contributed by atoms with Gasteiger partial charge in [-0.1, -0.05) is 0 Å². The molecule has 2 aliphatic rings. The molecule has 0 saturated carbocycles. The van der Waals surface area contributed by atoms with E-state index in [2.05, 4.69) is 48.5 Å². The molecule has 0 radical (unpaired) electrons. The summed E-state index contributed by atoms with van der Waals surface area (Å²) in [6.45, 7) is 2.84. The van der Waals surface area contributed by atoms with E-state index in [-0.39, 0.29) is 8.45 Å². The monoisotopic (exact) mass is 496 g/mol. The molecule has 6 rings (SSSR count). The Balaban J connectivity index is 1.71. The topological polar surface area (TPSA) is 52.6 Å². The molecule has 0 spiro atoms. The van der Waals surface area contributed by atoms with E-state index < -0.39 is 29.3 Å². The average molecular weight is 496 g/mol. The van der Waals surface area contributed by atoms with Crippen molar-refractivity contribution < 1.29 is 33.6 Å². The molecule has 0 amide bonds. The molecule has 0 atom stereocenters. The van der Waals surface area contributed by atoms with Gasteiger partial charge < -0.3 is 0 Å². The third-order valence-electron chi connectivity index (χ3n) is 7.08. The number of benzene rings is 4. The van der Waals surface area contributed by atoms with Crippen molar-refractivity contribution in [1.82, 2.24) is 0 Å². The molecule has 4 nitrogen and oxygen atoms in total. The van der Waals surface area contributed by atoms with E-state index in [9.17, 15) is 9.59 Å². The zero-order chi connectivity index (χ0) is 24.2. The van der Waals surface area contributed by atoms with Gasteiger partial charge in [-0.05, 0) is 0 Å². The first-order valence-corrected chi connectivity index (χ1v) is 14.8. The summed E-state index contributed by atoms with van der Waals surface area (Å²) in [4.78, 5) is 25.7. The van der Waals surface area contributed by atoms with Gasteiger partial charge in [0.15, 0.2) is 0 Å². The predicted octanol–water partition coefficient (Wildman–Crippen LogP) is 6.64. The molecule has 4 aromatic rings. The first-order valence-electron chi connectivity index (χ1n) is 11.8. The third kappa shape index (κ3) is 3.32. The second-order valence-electron chi connectivity index (χ2n) is 9.12. The molecular formula is C30H24O4Ti. The number of rotatable bonds is 4. The summed E-state index contributed by atoms with van der Waals surface area (Å²) >= 11 is -4.51. The van der Waals surface area contributed by atoms with Crippen molar-refractivity contribution in [3.63, 3.8) is 0 Å². The Hall–Kier alpha value is -3.47. The molecule has 4 aromatic carbocycles. The van der Waals surface area contributed by atoms with Crippen molar-refractivity contribution >= 4 is 11.9 Å². The van der Waals surface area contributed by atoms with Crippen LogP contribution in [0.3, 0.4) is 0 Å². The van der Waals surface area contributed by atoms with Gasteiger partial charge in [-0.25, -0.2) is 0 Å². The van der Waals surface area contributed by atoms with Gasteiger partial charge in [0.1, 0.15) is 0 Å². The molecule has 0 fully saturated rings. The van der Waals surface area contributed by atoms with Crippen molar-refractivity contribution in [1.29, 1.82) is 0 Å². The van der Waals surface area contributed by atoms with Crippen LogP contribution in [0.5, 0.6) is 0 Å². The van der Waals surface area contributed by atoms with Gasteiger partial charge in [-0.2, -0.15) is 0 Å². The van der Waals surface area contributed by atoms with Gasteiger partial charge in [0.2, 0.25) is 0 Å². The second kappa shape index (κ2) is 8.33. The van der Waals surface area contributed by atoms with Gasteiger partial charge in [-0.3, -0.25) is 0 Å². The Morgan fingerprint density at radius 2 is 0.771 bits per heavy atom. The molecule has 0 aromatic heterocycles. The van der Waals surface area contributed by atoms with Gasteiger partial charge in [0.25, 0.3) is 0 Å². The van der Waals surface area contributed by atoms with E-state index in [0.29, 0.717) is 0 Å². The first-order chi connectivity index (χ1) is 17.0. The molecule has 0 saturated heterocycles. The van der Waals surface area contributed by atoms with E-state index in [4.69, 9.17) is 6.64 Å². The predicted molar refractivity (Wildman–Crippen MR) is 131 cm³/mol. The summed E-state index contributed by atoms with van der Waals surface area (Å²) in [5, 5.41) is 0. The summed E-state index contributed by atoms with van der Waals surface area (Å²) in [6, 6.07) is 32.8. The van der Waals surface area contributed by atoms with E-state index in [1.807, 2.05) is 48.5 Å². The van der Waals surface area contributed by atoms with Gasteiger partial charge in [0, 0.05) is 0 Å². The van der Waals surface area contributed by atoms with Crippen molar-refractivity contribution in [3.8, 4) is 22.3 Å². The van der Waals surface area contributed by atoms with Crippen molar-refractivity contribution in [3.05, 3.63) is 119 Å². The standard InChI is InChI=1S/2C13H9.2C2H4O2.Ti/c2*1-3-7-12-10(5-1)9-11-6-2-4-8-13(11)12;2*1-2(3)4;/h2*1-9H;2*1H3,(H,3,4);/q;;;;+2/p-2. The first kappa shape index (κ1) is 22.0. The fourth-order valence-electron chi connectivity index (χ4n) is 6.05. The molecule has 2 aliphatic carbocycles. The minimum atomic E-state index is -4.51. The Morgan fingerprint density at radius 3 is 1.03 bits per heavy atom.